The Morgan fingerprint density at radius 2 is 1.78 bits per heavy atom. The number of halogens is 4. The molecule has 2 aromatic carbocycles. The third-order valence-electron chi connectivity index (χ3n) is 2.75. The molecule has 2 aromatic rings. The van der Waals surface area contributed by atoms with Gasteiger partial charge in [0, 0.05) is 10.0 Å². The molecule has 0 heterocycles. The Morgan fingerprint density at radius 3 is 2.50 bits per heavy atom. The van der Waals surface area contributed by atoms with Crippen LogP contribution in [0.1, 0.15) is 22.1 Å². The molecule has 2 rings (SSSR count). The van der Waals surface area contributed by atoms with Crippen LogP contribution in [0.4, 0.5) is 8.78 Å². The molecule has 0 N–H and O–H groups in total. The van der Waals surface area contributed by atoms with E-state index < -0.39 is 17.0 Å². The second kappa shape index (κ2) is 5.37. The molecule has 0 aromatic heterocycles. The molecule has 0 aliphatic heterocycles. The van der Waals surface area contributed by atoms with Gasteiger partial charge in [0.05, 0.1) is 5.38 Å². The summed E-state index contributed by atoms with van der Waals surface area (Å²) >= 11 is 9.60. The Morgan fingerprint density at radius 1 is 1.06 bits per heavy atom. The molecule has 0 bridgehead atoms. The first kappa shape index (κ1) is 13.5. The van der Waals surface area contributed by atoms with Gasteiger partial charge in [0.15, 0.2) is 0 Å². The lowest BCUT2D eigenvalue weighted by molar-refractivity contribution is 0.587. The van der Waals surface area contributed by atoms with Crippen molar-refractivity contribution in [3.05, 3.63) is 69.2 Å². The van der Waals surface area contributed by atoms with Crippen molar-refractivity contribution in [1.29, 1.82) is 0 Å². The third-order valence-corrected chi connectivity index (χ3v) is 3.71. The van der Waals surface area contributed by atoms with E-state index in [0.717, 1.165) is 33.8 Å². The Kier molecular flexibility index (Phi) is 4.03. The lowest BCUT2D eigenvalue weighted by Crippen LogP contribution is -2.00. The number of hydrogen-bond acceptors (Lipinski definition) is 0. The number of alkyl halides is 1. The molecule has 4 heteroatoms. The van der Waals surface area contributed by atoms with Gasteiger partial charge in [-0.2, -0.15) is 0 Å². The van der Waals surface area contributed by atoms with Crippen LogP contribution in [0.5, 0.6) is 0 Å². The largest absolute Gasteiger partial charge is 0.207 e. The lowest BCUT2D eigenvalue weighted by atomic mass is 9.99. The van der Waals surface area contributed by atoms with Gasteiger partial charge in [-0.3, -0.25) is 0 Å². The fourth-order valence-electron chi connectivity index (χ4n) is 1.76. The van der Waals surface area contributed by atoms with Crippen molar-refractivity contribution in [2.45, 2.75) is 12.3 Å². The SMILES string of the molecule is Cc1ccc(Br)cc1C(Cl)c1cc(F)ccc1F. The molecule has 0 aliphatic carbocycles. The zero-order valence-electron chi connectivity index (χ0n) is 9.55. The molecule has 0 aliphatic rings. The number of aryl methyl sites for hydroxylation is 1. The molecule has 0 amide bonds. The minimum absolute atomic E-state index is 0.151. The van der Waals surface area contributed by atoms with Gasteiger partial charge in [0.25, 0.3) is 0 Å². The van der Waals surface area contributed by atoms with E-state index in [-0.39, 0.29) is 5.56 Å². The minimum atomic E-state index is -0.710. The normalized spacial score (nSPS) is 12.5. The van der Waals surface area contributed by atoms with Crippen LogP contribution < -0.4 is 0 Å². The smallest absolute Gasteiger partial charge is 0.128 e. The summed E-state index contributed by atoms with van der Waals surface area (Å²) in [6.45, 7) is 1.88. The fraction of sp³-hybridized carbons (Fsp3) is 0.143. The number of hydrogen-bond donors (Lipinski definition) is 0. The van der Waals surface area contributed by atoms with E-state index in [2.05, 4.69) is 15.9 Å². The second-order valence-corrected chi connectivity index (χ2v) is 5.38. The molecule has 18 heavy (non-hydrogen) atoms. The fourth-order valence-corrected chi connectivity index (χ4v) is 2.54. The van der Waals surface area contributed by atoms with E-state index in [1.54, 1.807) is 0 Å². The van der Waals surface area contributed by atoms with Crippen LogP contribution in [0.2, 0.25) is 0 Å². The molecule has 1 atom stereocenters. The molecule has 1 unspecified atom stereocenters. The van der Waals surface area contributed by atoms with Gasteiger partial charge in [-0.25, -0.2) is 8.78 Å². The first-order chi connectivity index (χ1) is 8.49. The highest BCUT2D eigenvalue weighted by Crippen LogP contribution is 2.34. The summed E-state index contributed by atoms with van der Waals surface area (Å²) in [5.74, 6) is -1.000. The molecule has 0 saturated carbocycles. The van der Waals surface area contributed by atoms with Crippen LogP contribution in [0, 0.1) is 18.6 Å². The van der Waals surface area contributed by atoms with Gasteiger partial charge in [-0.05, 0) is 48.4 Å². The summed E-state index contributed by atoms with van der Waals surface area (Å²) in [7, 11) is 0. The highest BCUT2D eigenvalue weighted by molar-refractivity contribution is 9.10. The second-order valence-electron chi connectivity index (χ2n) is 4.03. The number of benzene rings is 2. The summed E-state index contributed by atoms with van der Waals surface area (Å²) in [6.07, 6.45) is 0. The molecule has 0 radical (unpaired) electrons. The van der Waals surface area contributed by atoms with E-state index in [9.17, 15) is 8.78 Å². The summed E-state index contributed by atoms with van der Waals surface area (Å²) in [4.78, 5) is 0. The molecular formula is C14H10BrClF2. The number of rotatable bonds is 2. The third kappa shape index (κ3) is 2.73. The Hall–Kier alpha value is -0.930. The zero-order chi connectivity index (χ0) is 13.3. The minimum Gasteiger partial charge on any atom is -0.207 e. The van der Waals surface area contributed by atoms with Gasteiger partial charge in [-0.15, -0.1) is 11.6 Å². The van der Waals surface area contributed by atoms with Gasteiger partial charge in [-0.1, -0.05) is 22.0 Å². The van der Waals surface area contributed by atoms with Gasteiger partial charge in [0.2, 0.25) is 0 Å². The van der Waals surface area contributed by atoms with Gasteiger partial charge in [0.1, 0.15) is 11.6 Å². The van der Waals surface area contributed by atoms with Crippen molar-refractivity contribution in [3.63, 3.8) is 0 Å². The first-order valence-electron chi connectivity index (χ1n) is 5.34. The summed E-state index contributed by atoms with van der Waals surface area (Å²) < 4.78 is 27.7. The Bertz CT molecular complexity index is 533. The predicted molar refractivity (Wildman–Crippen MR) is 72.9 cm³/mol. The molecule has 0 spiro atoms. The lowest BCUT2D eigenvalue weighted by Gasteiger charge is -2.14. The summed E-state index contributed by atoms with van der Waals surface area (Å²) in [5.41, 5.74) is 1.84. The quantitative estimate of drug-likeness (QED) is 0.650. The van der Waals surface area contributed by atoms with Crippen LogP contribution >= 0.6 is 27.5 Å². The average Bonchev–Trinajstić information content (AvgIpc) is 2.34. The van der Waals surface area contributed by atoms with E-state index in [1.165, 1.54) is 0 Å². The van der Waals surface area contributed by atoms with Crippen molar-refractivity contribution in [2.75, 3.05) is 0 Å². The zero-order valence-corrected chi connectivity index (χ0v) is 11.9. The van der Waals surface area contributed by atoms with Crippen molar-refractivity contribution in [2.24, 2.45) is 0 Å². The van der Waals surface area contributed by atoms with Gasteiger partial charge >= 0.3 is 0 Å². The van der Waals surface area contributed by atoms with Crippen LogP contribution in [0.3, 0.4) is 0 Å². The van der Waals surface area contributed by atoms with Crippen LogP contribution in [-0.4, -0.2) is 0 Å². The molecule has 94 valence electrons. The van der Waals surface area contributed by atoms with E-state index in [0.29, 0.717) is 0 Å². The standard InChI is InChI=1S/C14H10BrClF2/c1-8-2-3-9(15)6-11(8)14(16)12-7-10(17)4-5-13(12)18/h2-7,14H,1H3. The van der Waals surface area contributed by atoms with Crippen LogP contribution in [0.25, 0.3) is 0 Å². The van der Waals surface area contributed by atoms with E-state index in [4.69, 9.17) is 11.6 Å². The monoisotopic (exact) mass is 330 g/mol. The first-order valence-corrected chi connectivity index (χ1v) is 6.57. The Labute approximate surface area is 118 Å². The van der Waals surface area contributed by atoms with Gasteiger partial charge < -0.3 is 0 Å². The van der Waals surface area contributed by atoms with Crippen molar-refractivity contribution < 1.29 is 8.78 Å². The van der Waals surface area contributed by atoms with Crippen LogP contribution in [0.15, 0.2) is 40.9 Å². The molecular weight excluding hydrogens is 322 g/mol. The highest BCUT2D eigenvalue weighted by atomic mass is 79.9. The van der Waals surface area contributed by atoms with Crippen molar-refractivity contribution in [3.8, 4) is 0 Å². The topological polar surface area (TPSA) is 0 Å². The predicted octanol–water partition coefficient (Wildman–Crippen LogP) is 5.36. The van der Waals surface area contributed by atoms with E-state index >= 15 is 0 Å². The molecule has 0 nitrogen and oxygen atoms in total. The van der Waals surface area contributed by atoms with Crippen molar-refractivity contribution >= 4 is 27.5 Å². The Balaban J connectivity index is 2.50. The highest BCUT2D eigenvalue weighted by Gasteiger charge is 2.18. The average molecular weight is 332 g/mol. The molecule has 0 fully saturated rings. The van der Waals surface area contributed by atoms with Crippen molar-refractivity contribution in [1.82, 2.24) is 0 Å². The van der Waals surface area contributed by atoms with Crippen LogP contribution in [-0.2, 0) is 0 Å². The van der Waals surface area contributed by atoms with E-state index in [1.807, 2.05) is 25.1 Å². The summed E-state index contributed by atoms with van der Waals surface area (Å²) in [5, 5.41) is -0.710. The maximum absolute atomic E-state index is 13.7. The summed E-state index contributed by atoms with van der Waals surface area (Å²) in [6, 6.07) is 8.88. The molecule has 0 saturated heterocycles. The maximum atomic E-state index is 13.7. The maximum Gasteiger partial charge on any atom is 0.128 e.